The predicted molar refractivity (Wildman–Crippen MR) is 118 cm³/mol. The number of nitrogens with one attached hydrogen (secondary N) is 1. The highest BCUT2D eigenvalue weighted by Crippen LogP contribution is 2.26. The molecule has 0 aliphatic carbocycles. The molecule has 6 nitrogen and oxygen atoms in total. The van der Waals surface area contributed by atoms with E-state index in [-0.39, 0.29) is 25.0 Å². The fraction of sp³-hybridized carbons (Fsp3) is 0.391. The molecular formula is C23H29ClN2O4. The third-order valence-electron chi connectivity index (χ3n) is 4.78. The molecule has 30 heavy (non-hydrogen) atoms. The average Bonchev–Trinajstić information content (AvgIpc) is 2.73. The summed E-state index contributed by atoms with van der Waals surface area (Å²) in [6.45, 7) is 7.88. The summed E-state index contributed by atoms with van der Waals surface area (Å²) in [5, 5.41) is 3.45. The van der Waals surface area contributed by atoms with Gasteiger partial charge in [-0.1, -0.05) is 23.7 Å². The van der Waals surface area contributed by atoms with Crippen molar-refractivity contribution in [2.24, 2.45) is 0 Å². The molecule has 0 aromatic heterocycles. The molecule has 1 N–H and O–H groups in total. The summed E-state index contributed by atoms with van der Waals surface area (Å²) in [6.07, 6.45) is 0. The number of carbonyl (C=O) groups is 2. The summed E-state index contributed by atoms with van der Waals surface area (Å²) in [4.78, 5) is 27.0. The Morgan fingerprint density at radius 3 is 2.40 bits per heavy atom. The summed E-state index contributed by atoms with van der Waals surface area (Å²) in [5.74, 6) is 0.748. The van der Waals surface area contributed by atoms with Gasteiger partial charge in [0.1, 0.15) is 17.5 Å². The summed E-state index contributed by atoms with van der Waals surface area (Å²) in [6, 6.07) is 10.4. The van der Waals surface area contributed by atoms with Crippen LogP contribution in [0.15, 0.2) is 36.4 Å². The average molecular weight is 433 g/mol. The molecule has 1 atom stereocenters. The summed E-state index contributed by atoms with van der Waals surface area (Å²) in [5.41, 5.74) is 2.61. The monoisotopic (exact) mass is 432 g/mol. The molecule has 2 aromatic rings. The topological polar surface area (TPSA) is 67.9 Å². The van der Waals surface area contributed by atoms with Crippen molar-refractivity contribution in [1.29, 1.82) is 0 Å². The zero-order chi connectivity index (χ0) is 22.3. The van der Waals surface area contributed by atoms with Gasteiger partial charge in [-0.25, -0.2) is 0 Å². The lowest BCUT2D eigenvalue weighted by atomic mass is 10.1. The number of rotatable bonds is 9. The SMILES string of the molecule is CCNC(=O)[C@@H](C)N(Cc1cccc(OC)c1)C(=O)COc1cc(C)c(Cl)c(C)c1. The van der Waals surface area contributed by atoms with Crippen molar-refractivity contribution in [3.05, 3.63) is 58.1 Å². The van der Waals surface area contributed by atoms with Crippen molar-refractivity contribution < 1.29 is 19.1 Å². The Bertz CT molecular complexity index is 878. The Hall–Kier alpha value is -2.73. The second-order valence-corrected chi connectivity index (χ2v) is 7.48. The molecule has 0 fully saturated rings. The van der Waals surface area contributed by atoms with Gasteiger partial charge in [0.25, 0.3) is 5.91 Å². The van der Waals surface area contributed by atoms with Gasteiger partial charge in [-0.3, -0.25) is 9.59 Å². The number of nitrogens with zero attached hydrogens (tertiary/aromatic N) is 1. The molecular weight excluding hydrogens is 404 g/mol. The van der Waals surface area contributed by atoms with Gasteiger partial charge in [0, 0.05) is 18.1 Å². The van der Waals surface area contributed by atoms with Gasteiger partial charge in [-0.05, 0) is 68.7 Å². The van der Waals surface area contributed by atoms with Crippen LogP contribution in [0, 0.1) is 13.8 Å². The van der Waals surface area contributed by atoms with Gasteiger partial charge in [0.05, 0.1) is 7.11 Å². The Kier molecular flexibility index (Phi) is 8.54. The number of hydrogen-bond acceptors (Lipinski definition) is 4. The molecule has 2 aromatic carbocycles. The van der Waals surface area contributed by atoms with E-state index in [2.05, 4.69) is 5.32 Å². The highest BCUT2D eigenvalue weighted by Gasteiger charge is 2.26. The molecule has 0 aliphatic rings. The van der Waals surface area contributed by atoms with Crippen molar-refractivity contribution in [3.63, 3.8) is 0 Å². The van der Waals surface area contributed by atoms with E-state index in [1.54, 1.807) is 26.2 Å². The number of amides is 2. The number of ether oxygens (including phenoxy) is 2. The molecule has 162 valence electrons. The maximum absolute atomic E-state index is 13.0. The number of likely N-dealkylation sites (N-methyl/N-ethyl adjacent to an activating group) is 1. The quantitative estimate of drug-likeness (QED) is 0.652. The van der Waals surface area contributed by atoms with E-state index < -0.39 is 6.04 Å². The standard InChI is InChI=1S/C23H29ClN2O4/c1-6-25-23(28)17(4)26(13-18-8-7-9-19(12-18)29-5)21(27)14-30-20-10-15(2)22(24)16(3)11-20/h7-12,17H,6,13-14H2,1-5H3,(H,25,28)/t17-/m1/s1. The van der Waals surface area contributed by atoms with Crippen molar-refractivity contribution >= 4 is 23.4 Å². The van der Waals surface area contributed by atoms with Crippen LogP contribution in [0.2, 0.25) is 5.02 Å². The second kappa shape index (κ2) is 10.9. The number of halogens is 1. The Balaban J connectivity index is 2.19. The van der Waals surface area contributed by atoms with Crippen LogP contribution >= 0.6 is 11.6 Å². The van der Waals surface area contributed by atoms with Gasteiger partial charge in [-0.15, -0.1) is 0 Å². The van der Waals surface area contributed by atoms with Gasteiger partial charge in [0.15, 0.2) is 6.61 Å². The molecule has 0 heterocycles. The number of benzene rings is 2. The van der Waals surface area contributed by atoms with Gasteiger partial charge in [0.2, 0.25) is 5.91 Å². The third-order valence-corrected chi connectivity index (χ3v) is 5.37. The van der Waals surface area contributed by atoms with Crippen molar-refractivity contribution in [2.75, 3.05) is 20.3 Å². The van der Waals surface area contributed by atoms with Crippen LogP contribution in [0.3, 0.4) is 0 Å². The molecule has 0 bridgehead atoms. The van der Waals surface area contributed by atoms with Crippen molar-refractivity contribution in [1.82, 2.24) is 10.2 Å². The first-order chi connectivity index (χ1) is 14.3. The van der Waals surface area contributed by atoms with E-state index in [0.717, 1.165) is 16.7 Å². The number of hydrogen-bond donors (Lipinski definition) is 1. The van der Waals surface area contributed by atoms with Crippen LogP contribution in [0.25, 0.3) is 0 Å². The minimum absolute atomic E-state index is 0.186. The van der Waals surface area contributed by atoms with E-state index in [0.29, 0.717) is 23.1 Å². The lowest BCUT2D eigenvalue weighted by molar-refractivity contribution is -0.142. The summed E-state index contributed by atoms with van der Waals surface area (Å²) >= 11 is 6.20. The smallest absolute Gasteiger partial charge is 0.261 e. The van der Waals surface area contributed by atoms with Crippen LogP contribution in [-0.4, -0.2) is 43.0 Å². The van der Waals surface area contributed by atoms with Crippen LogP contribution in [0.1, 0.15) is 30.5 Å². The minimum Gasteiger partial charge on any atom is -0.497 e. The van der Waals surface area contributed by atoms with Crippen LogP contribution < -0.4 is 14.8 Å². The van der Waals surface area contributed by atoms with E-state index in [1.807, 2.05) is 45.0 Å². The minimum atomic E-state index is -0.652. The van der Waals surface area contributed by atoms with E-state index in [4.69, 9.17) is 21.1 Å². The summed E-state index contributed by atoms with van der Waals surface area (Å²) in [7, 11) is 1.59. The first kappa shape index (κ1) is 23.5. The van der Waals surface area contributed by atoms with Gasteiger partial charge >= 0.3 is 0 Å². The Morgan fingerprint density at radius 1 is 1.13 bits per heavy atom. The molecule has 0 aliphatic heterocycles. The van der Waals surface area contributed by atoms with Gasteiger partial charge < -0.3 is 19.7 Å². The fourth-order valence-electron chi connectivity index (χ4n) is 3.09. The number of aryl methyl sites for hydroxylation is 2. The molecule has 0 spiro atoms. The maximum Gasteiger partial charge on any atom is 0.261 e. The third kappa shape index (κ3) is 6.13. The molecule has 7 heteroatoms. The molecule has 2 amide bonds. The molecule has 2 rings (SSSR count). The first-order valence-corrected chi connectivity index (χ1v) is 10.2. The molecule has 0 unspecified atom stereocenters. The van der Waals surface area contributed by atoms with Crippen molar-refractivity contribution in [3.8, 4) is 11.5 Å². The molecule has 0 radical (unpaired) electrons. The molecule has 0 saturated heterocycles. The predicted octanol–water partition coefficient (Wildman–Crippen LogP) is 3.90. The number of methoxy groups -OCH3 is 1. The lowest BCUT2D eigenvalue weighted by Gasteiger charge is -2.28. The van der Waals surface area contributed by atoms with E-state index >= 15 is 0 Å². The van der Waals surface area contributed by atoms with Crippen LogP contribution in [0.5, 0.6) is 11.5 Å². The largest absolute Gasteiger partial charge is 0.497 e. The van der Waals surface area contributed by atoms with Gasteiger partial charge in [-0.2, -0.15) is 0 Å². The zero-order valence-corrected chi connectivity index (χ0v) is 18.9. The maximum atomic E-state index is 13.0. The second-order valence-electron chi connectivity index (χ2n) is 7.10. The fourth-order valence-corrected chi connectivity index (χ4v) is 3.20. The first-order valence-electron chi connectivity index (χ1n) is 9.86. The molecule has 0 saturated carbocycles. The Labute approximate surface area is 183 Å². The highest BCUT2D eigenvalue weighted by atomic mass is 35.5. The Morgan fingerprint density at radius 2 is 1.80 bits per heavy atom. The number of carbonyl (C=O) groups excluding carboxylic acids is 2. The van der Waals surface area contributed by atoms with Crippen molar-refractivity contribution in [2.45, 2.75) is 40.3 Å². The summed E-state index contributed by atoms with van der Waals surface area (Å²) < 4.78 is 11.0. The van der Waals surface area contributed by atoms with Crippen LogP contribution in [-0.2, 0) is 16.1 Å². The highest BCUT2D eigenvalue weighted by molar-refractivity contribution is 6.32. The normalized spacial score (nSPS) is 11.5. The van der Waals surface area contributed by atoms with E-state index in [1.165, 1.54) is 4.90 Å². The van der Waals surface area contributed by atoms with E-state index in [9.17, 15) is 9.59 Å². The van der Waals surface area contributed by atoms with Crippen LogP contribution in [0.4, 0.5) is 0 Å². The zero-order valence-electron chi connectivity index (χ0n) is 18.1. The lowest BCUT2D eigenvalue weighted by Crippen LogP contribution is -2.49.